The second-order valence-corrected chi connectivity index (χ2v) is 6.13. The number of nitrogen functional groups attached to an aromatic ring is 1. The fourth-order valence-corrected chi connectivity index (χ4v) is 2.04. The van der Waals surface area contributed by atoms with Crippen LogP contribution in [-0.4, -0.2) is 4.98 Å². The molecule has 2 N–H and O–H groups in total. The molecule has 0 saturated carbocycles. The predicted molar refractivity (Wildman–Crippen MR) is 82.9 cm³/mol. The molecule has 0 atom stereocenters. The molecular formula is C17H22N2O. The minimum atomic E-state index is 0.0563. The standard InChI is InChI=1S/C17H22N2O/c1-12-5-7-15(14(9-12)17(2,3)4)20-11-13-6-8-16(18)19-10-13/h5-10H,11H2,1-4H3,(H2,18,19). The number of ether oxygens (including phenoxy) is 1. The van der Waals surface area contributed by atoms with Crippen LogP contribution in [-0.2, 0) is 12.0 Å². The fourth-order valence-electron chi connectivity index (χ4n) is 2.04. The molecule has 3 nitrogen and oxygen atoms in total. The van der Waals surface area contributed by atoms with E-state index in [1.165, 1.54) is 11.1 Å². The first kappa shape index (κ1) is 14.4. The van der Waals surface area contributed by atoms with E-state index in [9.17, 15) is 0 Å². The molecule has 0 saturated heterocycles. The molecule has 1 aromatic heterocycles. The fraction of sp³-hybridized carbons (Fsp3) is 0.353. The molecule has 2 rings (SSSR count). The highest BCUT2D eigenvalue weighted by Gasteiger charge is 2.19. The van der Waals surface area contributed by atoms with Crippen molar-refractivity contribution in [2.24, 2.45) is 0 Å². The van der Waals surface area contributed by atoms with E-state index in [1.54, 1.807) is 12.3 Å². The molecule has 1 heterocycles. The summed E-state index contributed by atoms with van der Waals surface area (Å²) in [6.07, 6.45) is 1.75. The summed E-state index contributed by atoms with van der Waals surface area (Å²) in [6.45, 7) is 9.18. The van der Waals surface area contributed by atoms with Gasteiger partial charge in [-0.1, -0.05) is 44.5 Å². The Hall–Kier alpha value is -2.03. The highest BCUT2D eigenvalue weighted by Crippen LogP contribution is 2.32. The Balaban J connectivity index is 2.19. The summed E-state index contributed by atoms with van der Waals surface area (Å²) in [5, 5.41) is 0. The number of benzene rings is 1. The molecule has 0 fully saturated rings. The summed E-state index contributed by atoms with van der Waals surface area (Å²) in [5.41, 5.74) is 9.12. The van der Waals surface area contributed by atoms with Gasteiger partial charge < -0.3 is 10.5 Å². The SMILES string of the molecule is Cc1ccc(OCc2ccc(N)nc2)c(C(C)(C)C)c1. The second kappa shape index (κ2) is 5.53. The topological polar surface area (TPSA) is 48.1 Å². The molecule has 0 aliphatic rings. The van der Waals surface area contributed by atoms with Gasteiger partial charge in [-0.3, -0.25) is 0 Å². The van der Waals surface area contributed by atoms with Crippen LogP contribution < -0.4 is 10.5 Å². The van der Waals surface area contributed by atoms with Crippen molar-refractivity contribution >= 4 is 5.82 Å². The van der Waals surface area contributed by atoms with Gasteiger partial charge in [0.25, 0.3) is 0 Å². The summed E-state index contributed by atoms with van der Waals surface area (Å²) in [7, 11) is 0. The van der Waals surface area contributed by atoms with Crippen molar-refractivity contribution in [3.63, 3.8) is 0 Å². The van der Waals surface area contributed by atoms with Gasteiger partial charge in [-0.05, 0) is 30.0 Å². The highest BCUT2D eigenvalue weighted by atomic mass is 16.5. The lowest BCUT2D eigenvalue weighted by Gasteiger charge is -2.23. The van der Waals surface area contributed by atoms with Gasteiger partial charge >= 0.3 is 0 Å². The number of nitrogens with two attached hydrogens (primary N) is 1. The Morgan fingerprint density at radius 2 is 1.90 bits per heavy atom. The van der Waals surface area contributed by atoms with Gasteiger partial charge in [0.05, 0.1) is 0 Å². The van der Waals surface area contributed by atoms with Gasteiger partial charge in [0.15, 0.2) is 0 Å². The Morgan fingerprint density at radius 3 is 2.50 bits per heavy atom. The first-order valence-corrected chi connectivity index (χ1v) is 6.80. The number of hydrogen-bond donors (Lipinski definition) is 1. The summed E-state index contributed by atoms with van der Waals surface area (Å²) >= 11 is 0. The lowest BCUT2D eigenvalue weighted by atomic mass is 9.85. The maximum absolute atomic E-state index is 5.96. The van der Waals surface area contributed by atoms with Crippen LogP contribution in [0, 0.1) is 6.92 Å². The average Bonchev–Trinajstić information content (AvgIpc) is 2.38. The van der Waals surface area contributed by atoms with E-state index in [4.69, 9.17) is 10.5 Å². The number of anilines is 1. The van der Waals surface area contributed by atoms with Crippen molar-refractivity contribution in [1.29, 1.82) is 0 Å². The average molecular weight is 270 g/mol. The van der Waals surface area contributed by atoms with Gasteiger partial charge in [0.2, 0.25) is 0 Å². The number of aryl methyl sites for hydroxylation is 1. The van der Waals surface area contributed by atoms with Gasteiger partial charge in [0, 0.05) is 11.8 Å². The molecule has 3 heteroatoms. The third kappa shape index (κ3) is 3.50. The Labute approximate surface area is 120 Å². The van der Waals surface area contributed by atoms with E-state index >= 15 is 0 Å². The molecule has 20 heavy (non-hydrogen) atoms. The zero-order valence-corrected chi connectivity index (χ0v) is 12.6. The van der Waals surface area contributed by atoms with E-state index in [2.05, 4.69) is 44.8 Å². The maximum atomic E-state index is 5.96. The Bertz CT molecular complexity index is 583. The number of hydrogen-bond acceptors (Lipinski definition) is 3. The van der Waals surface area contributed by atoms with Crippen LogP contribution in [0.15, 0.2) is 36.5 Å². The van der Waals surface area contributed by atoms with Gasteiger partial charge in [0.1, 0.15) is 18.2 Å². The molecule has 0 radical (unpaired) electrons. The Kier molecular flexibility index (Phi) is 3.98. The van der Waals surface area contributed by atoms with Gasteiger partial charge in [-0.15, -0.1) is 0 Å². The van der Waals surface area contributed by atoms with Crippen LogP contribution in [0.5, 0.6) is 5.75 Å². The van der Waals surface area contributed by atoms with E-state index in [0.717, 1.165) is 11.3 Å². The van der Waals surface area contributed by atoms with E-state index in [0.29, 0.717) is 12.4 Å². The van der Waals surface area contributed by atoms with Gasteiger partial charge in [-0.2, -0.15) is 0 Å². The smallest absolute Gasteiger partial charge is 0.123 e. The molecule has 106 valence electrons. The molecular weight excluding hydrogens is 248 g/mol. The van der Waals surface area contributed by atoms with Crippen molar-refractivity contribution < 1.29 is 4.74 Å². The minimum absolute atomic E-state index is 0.0563. The number of rotatable bonds is 3. The van der Waals surface area contributed by atoms with Gasteiger partial charge in [-0.25, -0.2) is 4.98 Å². The highest BCUT2D eigenvalue weighted by molar-refractivity contribution is 5.41. The van der Waals surface area contributed by atoms with E-state index in [1.807, 2.05) is 12.1 Å². The third-order valence-electron chi connectivity index (χ3n) is 3.19. The molecule has 0 spiro atoms. The summed E-state index contributed by atoms with van der Waals surface area (Å²) in [4.78, 5) is 4.07. The van der Waals surface area contributed by atoms with Crippen molar-refractivity contribution in [2.45, 2.75) is 39.7 Å². The second-order valence-electron chi connectivity index (χ2n) is 6.13. The zero-order chi connectivity index (χ0) is 14.8. The van der Waals surface area contributed by atoms with E-state index in [-0.39, 0.29) is 5.41 Å². The monoisotopic (exact) mass is 270 g/mol. The van der Waals surface area contributed by atoms with Crippen LogP contribution in [0.4, 0.5) is 5.82 Å². The molecule has 1 aromatic carbocycles. The number of nitrogens with zero attached hydrogens (tertiary/aromatic N) is 1. The van der Waals surface area contributed by atoms with Crippen LogP contribution in [0.3, 0.4) is 0 Å². The lowest BCUT2D eigenvalue weighted by Crippen LogP contribution is -2.13. The van der Waals surface area contributed by atoms with Crippen molar-refractivity contribution in [2.75, 3.05) is 5.73 Å². The van der Waals surface area contributed by atoms with E-state index < -0.39 is 0 Å². The first-order chi connectivity index (χ1) is 9.36. The minimum Gasteiger partial charge on any atom is -0.489 e. The number of aromatic nitrogens is 1. The Morgan fingerprint density at radius 1 is 1.15 bits per heavy atom. The molecule has 2 aromatic rings. The maximum Gasteiger partial charge on any atom is 0.123 e. The van der Waals surface area contributed by atoms with Crippen LogP contribution >= 0.6 is 0 Å². The predicted octanol–water partition coefficient (Wildman–Crippen LogP) is 3.85. The quantitative estimate of drug-likeness (QED) is 0.921. The lowest BCUT2D eigenvalue weighted by molar-refractivity contribution is 0.297. The van der Waals surface area contributed by atoms with Crippen LogP contribution in [0.25, 0.3) is 0 Å². The third-order valence-corrected chi connectivity index (χ3v) is 3.19. The van der Waals surface area contributed by atoms with Crippen LogP contribution in [0.2, 0.25) is 0 Å². The molecule has 0 amide bonds. The molecule has 0 aliphatic heterocycles. The summed E-state index contributed by atoms with van der Waals surface area (Å²) in [5.74, 6) is 1.46. The van der Waals surface area contributed by atoms with Crippen molar-refractivity contribution in [3.05, 3.63) is 53.2 Å². The number of pyridine rings is 1. The normalized spacial score (nSPS) is 11.4. The van der Waals surface area contributed by atoms with Crippen LogP contribution in [0.1, 0.15) is 37.5 Å². The molecule has 0 bridgehead atoms. The zero-order valence-electron chi connectivity index (χ0n) is 12.6. The van der Waals surface area contributed by atoms with Crippen molar-refractivity contribution in [3.8, 4) is 5.75 Å². The summed E-state index contributed by atoms with van der Waals surface area (Å²) in [6, 6.07) is 10.0. The largest absolute Gasteiger partial charge is 0.489 e. The first-order valence-electron chi connectivity index (χ1n) is 6.80. The van der Waals surface area contributed by atoms with Crippen molar-refractivity contribution in [1.82, 2.24) is 4.98 Å². The summed E-state index contributed by atoms with van der Waals surface area (Å²) < 4.78 is 5.96. The molecule has 0 unspecified atom stereocenters. The molecule has 0 aliphatic carbocycles.